The molecular weight excluding hydrogens is 242 g/mol. The number of aryl methyl sites for hydroxylation is 1. The van der Waals surface area contributed by atoms with Crippen molar-refractivity contribution >= 4 is 11.8 Å². The van der Waals surface area contributed by atoms with Crippen LogP contribution in [0.25, 0.3) is 0 Å². The summed E-state index contributed by atoms with van der Waals surface area (Å²) in [5.74, 6) is 2.22. The molecule has 0 aliphatic heterocycles. The zero-order chi connectivity index (χ0) is 13.4. The van der Waals surface area contributed by atoms with E-state index >= 15 is 0 Å². The number of aliphatic hydroxyl groups excluding tert-OH is 1. The Kier molecular flexibility index (Phi) is 6.76. The summed E-state index contributed by atoms with van der Waals surface area (Å²) in [5.41, 5.74) is 2.61. The van der Waals surface area contributed by atoms with Crippen LogP contribution in [-0.2, 0) is 5.75 Å². The molecule has 1 rings (SSSR count). The van der Waals surface area contributed by atoms with E-state index in [1.807, 2.05) is 18.8 Å². The minimum absolute atomic E-state index is 0.121. The van der Waals surface area contributed by atoms with E-state index in [-0.39, 0.29) is 12.1 Å². The van der Waals surface area contributed by atoms with Gasteiger partial charge in [-0.25, -0.2) is 0 Å². The largest absolute Gasteiger partial charge is 0.394 e. The van der Waals surface area contributed by atoms with Crippen molar-refractivity contribution in [1.82, 2.24) is 5.32 Å². The van der Waals surface area contributed by atoms with Gasteiger partial charge in [-0.15, -0.1) is 0 Å². The molecule has 1 unspecified atom stereocenters. The van der Waals surface area contributed by atoms with Crippen LogP contribution in [0, 0.1) is 6.92 Å². The highest BCUT2D eigenvalue weighted by molar-refractivity contribution is 7.98. The normalized spacial score (nSPS) is 14.4. The molecule has 2 nitrogen and oxygen atoms in total. The molecule has 0 fully saturated rings. The molecule has 3 heteroatoms. The van der Waals surface area contributed by atoms with Gasteiger partial charge in [0.15, 0.2) is 0 Å². The van der Waals surface area contributed by atoms with Gasteiger partial charge < -0.3 is 10.4 Å². The van der Waals surface area contributed by atoms with Crippen LogP contribution >= 0.6 is 11.8 Å². The van der Waals surface area contributed by atoms with E-state index in [1.54, 1.807) is 0 Å². The molecule has 1 aromatic carbocycles. The third kappa shape index (κ3) is 5.42. The second-order valence-electron chi connectivity index (χ2n) is 5.11. The SMILES string of the molecule is CNC(C)(CO)CCCSCc1cccc(C)c1. The van der Waals surface area contributed by atoms with Crippen molar-refractivity contribution in [2.24, 2.45) is 0 Å². The first-order valence-corrected chi connectivity index (χ1v) is 7.68. The molecule has 0 saturated carbocycles. The number of thioether (sulfide) groups is 1. The molecule has 2 N–H and O–H groups in total. The number of likely N-dealkylation sites (N-methyl/N-ethyl adjacent to an activating group) is 1. The summed E-state index contributed by atoms with van der Waals surface area (Å²) >= 11 is 1.97. The van der Waals surface area contributed by atoms with Crippen LogP contribution in [-0.4, -0.2) is 30.1 Å². The predicted octanol–water partition coefficient (Wildman–Crippen LogP) is 2.98. The quantitative estimate of drug-likeness (QED) is 0.710. The fraction of sp³-hybridized carbons (Fsp3) is 0.600. The fourth-order valence-corrected chi connectivity index (χ4v) is 2.75. The highest BCUT2D eigenvalue weighted by Crippen LogP contribution is 2.18. The molecule has 0 spiro atoms. The topological polar surface area (TPSA) is 32.3 Å². The summed E-state index contributed by atoms with van der Waals surface area (Å²) in [6.07, 6.45) is 2.15. The van der Waals surface area contributed by atoms with E-state index in [2.05, 4.69) is 43.4 Å². The van der Waals surface area contributed by atoms with Gasteiger partial charge in [0.25, 0.3) is 0 Å². The second kappa shape index (κ2) is 7.82. The van der Waals surface area contributed by atoms with Gasteiger partial charge in [-0.2, -0.15) is 11.8 Å². The Morgan fingerprint density at radius 1 is 1.39 bits per heavy atom. The number of nitrogens with one attached hydrogen (secondary N) is 1. The van der Waals surface area contributed by atoms with Crippen LogP contribution in [0.1, 0.15) is 30.9 Å². The number of hydrogen-bond donors (Lipinski definition) is 2. The van der Waals surface area contributed by atoms with Crippen LogP contribution in [0.2, 0.25) is 0 Å². The van der Waals surface area contributed by atoms with Gasteiger partial charge in [0.1, 0.15) is 0 Å². The fourth-order valence-electron chi connectivity index (χ4n) is 1.84. The third-order valence-corrected chi connectivity index (χ3v) is 4.44. The van der Waals surface area contributed by atoms with Crippen molar-refractivity contribution in [1.29, 1.82) is 0 Å². The van der Waals surface area contributed by atoms with Gasteiger partial charge in [0.05, 0.1) is 6.61 Å². The Labute approximate surface area is 115 Å². The Morgan fingerprint density at radius 3 is 2.78 bits per heavy atom. The first-order chi connectivity index (χ1) is 8.59. The maximum Gasteiger partial charge on any atom is 0.0610 e. The van der Waals surface area contributed by atoms with Crippen molar-refractivity contribution < 1.29 is 5.11 Å². The highest BCUT2D eigenvalue weighted by atomic mass is 32.2. The molecule has 0 radical (unpaired) electrons. The van der Waals surface area contributed by atoms with Crippen molar-refractivity contribution in [2.45, 2.75) is 38.0 Å². The molecule has 1 aromatic rings. The van der Waals surface area contributed by atoms with Crippen molar-refractivity contribution in [3.63, 3.8) is 0 Å². The lowest BCUT2D eigenvalue weighted by Crippen LogP contribution is -2.43. The first kappa shape index (κ1) is 15.5. The van der Waals surface area contributed by atoms with Crippen molar-refractivity contribution in [2.75, 3.05) is 19.4 Å². The number of hydrogen-bond acceptors (Lipinski definition) is 3. The molecule has 1 atom stereocenters. The minimum atomic E-state index is -0.121. The van der Waals surface area contributed by atoms with Gasteiger partial charge in [0, 0.05) is 11.3 Å². The molecule has 0 bridgehead atoms. The lowest BCUT2D eigenvalue weighted by Gasteiger charge is -2.26. The van der Waals surface area contributed by atoms with Crippen LogP contribution in [0.15, 0.2) is 24.3 Å². The van der Waals surface area contributed by atoms with E-state index in [4.69, 9.17) is 0 Å². The second-order valence-corrected chi connectivity index (χ2v) is 6.22. The lowest BCUT2D eigenvalue weighted by atomic mass is 9.98. The van der Waals surface area contributed by atoms with Gasteiger partial charge in [-0.3, -0.25) is 0 Å². The zero-order valence-electron chi connectivity index (χ0n) is 11.7. The number of aliphatic hydroxyl groups is 1. The van der Waals surface area contributed by atoms with Crippen LogP contribution in [0.5, 0.6) is 0 Å². The average Bonchev–Trinajstić information content (AvgIpc) is 2.38. The summed E-state index contributed by atoms with van der Waals surface area (Å²) in [6.45, 7) is 4.40. The van der Waals surface area contributed by atoms with Gasteiger partial charge in [0.2, 0.25) is 0 Å². The maximum absolute atomic E-state index is 9.28. The lowest BCUT2D eigenvalue weighted by molar-refractivity contribution is 0.173. The molecule has 18 heavy (non-hydrogen) atoms. The average molecular weight is 267 g/mol. The van der Waals surface area contributed by atoms with E-state index in [0.29, 0.717) is 0 Å². The molecule has 0 heterocycles. The smallest absolute Gasteiger partial charge is 0.0610 e. The molecule has 102 valence electrons. The molecule has 0 aromatic heterocycles. The third-order valence-electron chi connectivity index (χ3n) is 3.32. The minimum Gasteiger partial charge on any atom is -0.394 e. The van der Waals surface area contributed by atoms with Crippen molar-refractivity contribution in [3.8, 4) is 0 Å². The van der Waals surface area contributed by atoms with E-state index < -0.39 is 0 Å². The van der Waals surface area contributed by atoms with Gasteiger partial charge in [-0.05, 0) is 45.1 Å². The summed E-state index contributed by atoms with van der Waals surface area (Å²) in [7, 11) is 1.91. The molecule has 0 aliphatic rings. The molecular formula is C15H25NOS. The number of benzene rings is 1. The summed E-state index contributed by atoms with van der Waals surface area (Å²) in [4.78, 5) is 0. The monoisotopic (exact) mass is 267 g/mol. The Hall–Kier alpha value is -0.510. The predicted molar refractivity (Wildman–Crippen MR) is 81.1 cm³/mol. The summed E-state index contributed by atoms with van der Waals surface area (Å²) in [5, 5.41) is 12.5. The van der Waals surface area contributed by atoms with Crippen LogP contribution in [0.3, 0.4) is 0 Å². The summed E-state index contributed by atoms with van der Waals surface area (Å²) < 4.78 is 0. The van der Waals surface area contributed by atoms with Gasteiger partial charge >= 0.3 is 0 Å². The van der Waals surface area contributed by atoms with Gasteiger partial charge in [-0.1, -0.05) is 29.8 Å². The van der Waals surface area contributed by atoms with Crippen LogP contribution < -0.4 is 5.32 Å². The molecule has 0 amide bonds. The van der Waals surface area contributed by atoms with E-state index in [9.17, 15) is 5.11 Å². The van der Waals surface area contributed by atoms with Crippen LogP contribution in [0.4, 0.5) is 0 Å². The highest BCUT2D eigenvalue weighted by Gasteiger charge is 2.19. The Bertz CT molecular complexity index is 350. The van der Waals surface area contributed by atoms with Crippen molar-refractivity contribution in [3.05, 3.63) is 35.4 Å². The molecule has 0 aliphatic carbocycles. The van der Waals surface area contributed by atoms with E-state index in [1.165, 1.54) is 11.1 Å². The number of rotatable bonds is 8. The maximum atomic E-state index is 9.28. The molecule has 0 saturated heterocycles. The first-order valence-electron chi connectivity index (χ1n) is 6.53. The van der Waals surface area contributed by atoms with E-state index in [0.717, 1.165) is 24.3 Å². The summed E-state index contributed by atoms with van der Waals surface area (Å²) in [6, 6.07) is 8.69. The Balaban J connectivity index is 2.19. The standard InChI is InChI=1S/C15H25NOS/c1-13-6-4-7-14(10-13)11-18-9-5-8-15(2,12-17)16-3/h4,6-7,10,16-17H,5,8-9,11-12H2,1-3H3. The Morgan fingerprint density at radius 2 is 2.17 bits per heavy atom. The zero-order valence-corrected chi connectivity index (χ0v) is 12.5.